The lowest BCUT2D eigenvalue weighted by Gasteiger charge is -2.07. The maximum Gasteiger partial charge on any atom is 0.338 e. The summed E-state index contributed by atoms with van der Waals surface area (Å²) in [6.45, 7) is 4.39. The number of unbranched alkanes of at least 4 members (excludes halogenated alkanes) is 3. The van der Waals surface area contributed by atoms with Crippen LogP contribution in [0.3, 0.4) is 0 Å². The van der Waals surface area contributed by atoms with E-state index in [2.05, 4.69) is 6.58 Å². The number of aliphatic hydroxyl groups excluding tert-OH is 1. The summed E-state index contributed by atoms with van der Waals surface area (Å²) in [7, 11) is 0. The maximum atomic E-state index is 11.7. The van der Waals surface area contributed by atoms with Crippen LogP contribution in [0.2, 0.25) is 0 Å². The van der Waals surface area contributed by atoms with Crippen LogP contribution >= 0.6 is 0 Å². The average Bonchev–Trinajstić information content (AvgIpc) is 2.42. The van der Waals surface area contributed by atoms with Gasteiger partial charge < -0.3 is 9.84 Å². The summed E-state index contributed by atoms with van der Waals surface area (Å²) in [5.41, 5.74) is 1.19. The van der Waals surface area contributed by atoms with Crippen LogP contribution in [0, 0.1) is 0 Å². The zero-order chi connectivity index (χ0) is 13.2. The van der Waals surface area contributed by atoms with Gasteiger partial charge in [0.25, 0.3) is 0 Å². The molecule has 98 valence electrons. The van der Waals surface area contributed by atoms with Crippen molar-refractivity contribution in [2.75, 3.05) is 13.2 Å². The molecule has 0 aliphatic rings. The molecular formula is C15H20O3. The number of aliphatic hydroxyl groups is 1. The van der Waals surface area contributed by atoms with Crippen molar-refractivity contribution in [1.29, 1.82) is 0 Å². The monoisotopic (exact) mass is 248 g/mol. The Hall–Kier alpha value is -1.61. The van der Waals surface area contributed by atoms with E-state index in [9.17, 15) is 4.79 Å². The third-order valence-corrected chi connectivity index (χ3v) is 2.65. The Morgan fingerprint density at radius 2 is 1.78 bits per heavy atom. The number of carbonyl (C=O) groups excluding carboxylic acids is 1. The number of hydrogen-bond donors (Lipinski definition) is 1. The highest BCUT2D eigenvalue weighted by molar-refractivity contribution is 6.15. The van der Waals surface area contributed by atoms with E-state index < -0.39 is 0 Å². The highest BCUT2D eigenvalue weighted by Gasteiger charge is 2.09. The quantitative estimate of drug-likeness (QED) is 0.437. The Morgan fingerprint density at radius 3 is 2.44 bits per heavy atom. The summed E-state index contributed by atoms with van der Waals surface area (Å²) < 4.78 is 5.14. The number of esters is 1. The SMILES string of the molecule is C=C(C(=O)OCCCCCCO)c1ccccc1. The predicted octanol–water partition coefficient (Wildman–Crippen LogP) is 2.80. The summed E-state index contributed by atoms with van der Waals surface area (Å²) in [6.07, 6.45) is 3.57. The van der Waals surface area contributed by atoms with Crippen LogP contribution in [0.25, 0.3) is 5.57 Å². The van der Waals surface area contributed by atoms with Crippen molar-refractivity contribution in [3.8, 4) is 0 Å². The van der Waals surface area contributed by atoms with E-state index in [-0.39, 0.29) is 12.6 Å². The minimum absolute atomic E-state index is 0.227. The van der Waals surface area contributed by atoms with Gasteiger partial charge in [-0.1, -0.05) is 43.3 Å². The van der Waals surface area contributed by atoms with E-state index in [4.69, 9.17) is 9.84 Å². The molecule has 1 aromatic carbocycles. The molecule has 0 unspecified atom stereocenters. The number of ether oxygens (including phenoxy) is 1. The van der Waals surface area contributed by atoms with Gasteiger partial charge in [-0.05, 0) is 24.8 Å². The van der Waals surface area contributed by atoms with E-state index in [0.29, 0.717) is 12.2 Å². The Balaban J connectivity index is 2.23. The molecule has 3 heteroatoms. The largest absolute Gasteiger partial charge is 0.462 e. The molecule has 0 fully saturated rings. The van der Waals surface area contributed by atoms with Crippen molar-refractivity contribution in [3.05, 3.63) is 42.5 Å². The first-order chi connectivity index (χ1) is 8.75. The van der Waals surface area contributed by atoms with Gasteiger partial charge >= 0.3 is 5.97 Å². The molecule has 0 saturated heterocycles. The second-order valence-corrected chi connectivity index (χ2v) is 4.12. The Morgan fingerprint density at radius 1 is 1.11 bits per heavy atom. The van der Waals surface area contributed by atoms with Gasteiger partial charge in [-0.3, -0.25) is 0 Å². The molecule has 0 atom stereocenters. The second kappa shape index (κ2) is 8.48. The van der Waals surface area contributed by atoms with Crippen molar-refractivity contribution < 1.29 is 14.6 Å². The summed E-state index contributed by atoms with van der Waals surface area (Å²) in [5, 5.41) is 8.61. The molecule has 1 rings (SSSR count). The fourth-order valence-electron chi connectivity index (χ4n) is 1.58. The summed E-state index contributed by atoms with van der Waals surface area (Å²) in [6, 6.07) is 9.30. The topological polar surface area (TPSA) is 46.5 Å². The molecule has 0 saturated carbocycles. The molecule has 0 aliphatic heterocycles. The van der Waals surface area contributed by atoms with Crippen molar-refractivity contribution in [2.45, 2.75) is 25.7 Å². The lowest BCUT2D eigenvalue weighted by molar-refractivity contribution is -0.136. The molecule has 0 aliphatic carbocycles. The molecule has 1 aromatic rings. The zero-order valence-electron chi connectivity index (χ0n) is 10.6. The van der Waals surface area contributed by atoms with Crippen LogP contribution in [0.4, 0.5) is 0 Å². The first kappa shape index (κ1) is 14.5. The molecule has 0 heterocycles. The molecular weight excluding hydrogens is 228 g/mol. The number of benzene rings is 1. The van der Waals surface area contributed by atoms with Gasteiger partial charge in [0.15, 0.2) is 0 Å². The van der Waals surface area contributed by atoms with Crippen LogP contribution in [0.1, 0.15) is 31.2 Å². The summed E-state index contributed by atoms with van der Waals surface area (Å²) in [5.74, 6) is -0.358. The van der Waals surface area contributed by atoms with Crippen LogP contribution in [0.15, 0.2) is 36.9 Å². The Bertz CT molecular complexity index is 371. The van der Waals surface area contributed by atoms with Gasteiger partial charge in [0.05, 0.1) is 12.2 Å². The predicted molar refractivity (Wildman–Crippen MR) is 72.0 cm³/mol. The lowest BCUT2D eigenvalue weighted by Crippen LogP contribution is -2.07. The second-order valence-electron chi connectivity index (χ2n) is 4.12. The average molecular weight is 248 g/mol. The van der Waals surface area contributed by atoms with Gasteiger partial charge in [0, 0.05) is 6.61 Å². The van der Waals surface area contributed by atoms with Crippen LogP contribution < -0.4 is 0 Å². The molecule has 3 nitrogen and oxygen atoms in total. The molecule has 0 spiro atoms. The molecule has 1 N–H and O–H groups in total. The minimum Gasteiger partial charge on any atom is -0.462 e. The Labute approximate surface area is 108 Å². The maximum absolute atomic E-state index is 11.7. The number of rotatable bonds is 8. The molecule has 0 aromatic heterocycles. The van der Waals surface area contributed by atoms with Gasteiger partial charge in [0.2, 0.25) is 0 Å². The van der Waals surface area contributed by atoms with Crippen LogP contribution in [0.5, 0.6) is 0 Å². The van der Waals surface area contributed by atoms with Gasteiger partial charge in [-0.15, -0.1) is 0 Å². The standard InChI is InChI=1S/C15H20O3/c1-13(14-9-5-4-6-10-14)15(17)18-12-8-3-2-7-11-16/h4-6,9-10,16H,1-3,7-8,11-12H2. The fraction of sp³-hybridized carbons (Fsp3) is 0.400. The van der Waals surface area contributed by atoms with Crippen molar-refractivity contribution in [3.63, 3.8) is 0 Å². The molecule has 0 bridgehead atoms. The molecule has 0 radical (unpaired) electrons. The molecule has 0 amide bonds. The van der Waals surface area contributed by atoms with Crippen LogP contribution in [-0.4, -0.2) is 24.3 Å². The summed E-state index contributed by atoms with van der Waals surface area (Å²) >= 11 is 0. The van der Waals surface area contributed by atoms with E-state index in [1.165, 1.54) is 0 Å². The fourth-order valence-corrected chi connectivity index (χ4v) is 1.58. The van der Waals surface area contributed by atoms with E-state index in [1.807, 2.05) is 30.3 Å². The summed E-state index contributed by atoms with van der Waals surface area (Å²) in [4.78, 5) is 11.7. The van der Waals surface area contributed by atoms with Gasteiger partial charge in [-0.25, -0.2) is 4.79 Å². The number of carbonyl (C=O) groups is 1. The van der Waals surface area contributed by atoms with E-state index in [0.717, 1.165) is 31.2 Å². The Kier molecular flexibility index (Phi) is 6.81. The van der Waals surface area contributed by atoms with Crippen molar-refractivity contribution >= 4 is 11.5 Å². The van der Waals surface area contributed by atoms with Gasteiger partial charge in [-0.2, -0.15) is 0 Å². The minimum atomic E-state index is -0.358. The third kappa shape index (κ3) is 5.15. The normalized spacial score (nSPS) is 10.1. The van der Waals surface area contributed by atoms with Crippen molar-refractivity contribution in [2.24, 2.45) is 0 Å². The highest BCUT2D eigenvalue weighted by atomic mass is 16.5. The first-order valence-electron chi connectivity index (χ1n) is 6.28. The third-order valence-electron chi connectivity index (χ3n) is 2.65. The van der Waals surface area contributed by atoms with E-state index in [1.54, 1.807) is 0 Å². The van der Waals surface area contributed by atoms with Crippen molar-refractivity contribution in [1.82, 2.24) is 0 Å². The lowest BCUT2D eigenvalue weighted by atomic mass is 10.1. The smallest absolute Gasteiger partial charge is 0.338 e. The first-order valence-corrected chi connectivity index (χ1v) is 6.28. The van der Waals surface area contributed by atoms with Gasteiger partial charge in [0.1, 0.15) is 0 Å². The van der Waals surface area contributed by atoms with E-state index >= 15 is 0 Å². The highest BCUT2D eigenvalue weighted by Crippen LogP contribution is 2.13. The number of hydrogen-bond acceptors (Lipinski definition) is 3. The zero-order valence-corrected chi connectivity index (χ0v) is 10.6. The molecule has 18 heavy (non-hydrogen) atoms. The van der Waals surface area contributed by atoms with Crippen LogP contribution in [-0.2, 0) is 9.53 Å².